The SMILES string of the molecule is NC(=O)OCCCCCCc1cccc2c1CN(C(=O)O)C2. The second kappa shape index (κ2) is 7.68. The standard InChI is InChI=1S/C16H22N2O4/c17-15(19)22-9-4-2-1-3-6-12-7-5-8-13-10-18(16(20)21)11-14(12)13/h5,7-8H,1-4,6,9-11H2,(H2,17,19)(H,20,21). The predicted octanol–water partition coefficient (Wildman–Crippen LogP) is 2.88. The average molecular weight is 306 g/mol. The number of carbonyl (C=O) groups is 2. The van der Waals surface area contributed by atoms with E-state index in [0.29, 0.717) is 19.7 Å². The Kier molecular flexibility index (Phi) is 5.63. The van der Waals surface area contributed by atoms with Gasteiger partial charge in [-0.05, 0) is 36.0 Å². The summed E-state index contributed by atoms with van der Waals surface area (Å²) in [6.07, 6.45) is 3.27. The highest BCUT2D eigenvalue weighted by Gasteiger charge is 2.24. The molecule has 0 aromatic heterocycles. The van der Waals surface area contributed by atoms with Gasteiger partial charge in [-0.25, -0.2) is 9.59 Å². The molecule has 0 fully saturated rings. The van der Waals surface area contributed by atoms with Gasteiger partial charge in [0.25, 0.3) is 0 Å². The molecular weight excluding hydrogens is 284 g/mol. The Bertz CT molecular complexity index is 545. The Morgan fingerprint density at radius 1 is 1.18 bits per heavy atom. The van der Waals surface area contributed by atoms with Crippen LogP contribution in [0.5, 0.6) is 0 Å². The number of amides is 2. The van der Waals surface area contributed by atoms with Gasteiger partial charge >= 0.3 is 12.2 Å². The molecule has 1 aliphatic rings. The highest BCUT2D eigenvalue weighted by molar-refractivity contribution is 5.66. The zero-order valence-electron chi connectivity index (χ0n) is 12.6. The Balaban J connectivity index is 1.75. The maximum absolute atomic E-state index is 11.1. The van der Waals surface area contributed by atoms with E-state index in [2.05, 4.69) is 10.8 Å². The van der Waals surface area contributed by atoms with Crippen molar-refractivity contribution in [3.63, 3.8) is 0 Å². The molecule has 0 spiro atoms. The Morgan fingerprint density at radius 2 is 1.95 bits per heavy atom. The summed E-state index contributed by atoms with van der Waals surface area (Å²) < 4.78 is 4.68. The minimum absolute atomic E-state index is 0.379. The van der Waals surface area contributed by atoms with Crippen LogP contribution in [0, 0.1) is 0 Å². The quantitative estimate of drug-likeness (QED) is 0.757. The first-order chi connectivity index (χ1) is 10.6. The fourth-order valence-corrected chi connectivity index (χ4v) is 2.80. The highest BCUT2D eigenvalue weighted by Crippen LogP contribution is 2.27. The van der Waals surface area contributed by atoms with Crippen LogP contribution in [0.1, 0.15) is 42.4 Å². The lowest BCUT2D eigenvalue weighted by atomic mass is 9.98. The lowest BCUT2D eigenvalue weighted by molar-refractivity contribution is 0.145. The molecule has 1 heterocycles. The number of nitrogens with two attached hydrogens (primary N) is 1. The van der Waals surface area contributed by atoms with Gasteiger partial charge in [-0.3, -0.25) is 4.90 Å². The first kappa shape index (κ1) is 16.1. The summed E-state index contributed by atoms with van der Waals surface area (Å²) in [6.45, 7) is 1.36. The minimum atomic E-state index is -0.864. The van der Waals surface area contributed by atoms with Gasteiger partial charge < -0.3 is 15.6 Å². The summed E-state index contributed by atoms with van der Waals surface area (Å²) in [5, 5.41) is 9.09. The molecular formula is C16H22N2O4. The minimum Gasteiger partial charge on any atom is -0.465 e. The zero-order chi connectivity index (χ0) is 15.9. The maximum atomic E-state index is 11.1. The molecule has 3 N–H and O–H groups in total. The van der Waals surface area contributed by atoms with Gasteiger partial charge in [-0.2, -0.15) is 0 Å². The number of unbranched alkanes of at least 4 members (excludes halogenated alkanes) is 3. The van der Waals surface area contributed by atoms with Crippen molar-refractivity contribution in [1.29, 1.82) is 0 Å². The third-order valence-electron chi connectivity index (χ3n) is 3.94. The molecule has 2 amide bonds. The van der Waals surface area contributed by atoms with Crippen LogP contribution in [-0.2, 0) is 24.2 Å². The number of hydrogen-bond donors (Lipinski definition) is 2. The Morgan fingerprint density at radius 3 is 2.68 bits per heavy atom. The third kappa shape index (κ3) is 4.38. The molecule has 6 nitrogen and oxygen atoms in total. The Labute approximate surface area is 129 Å². The van der Waals surface area contributed by atoms with Gasteiger partial charge in [0.15, 0.2) is 0 Å². The van der Waals surface area contributed by atoms with Gasteiger partial charge in [-0.1, -0.05) is 31.0 Å². The molecule has 1 aromatic carbocycles. The van der Waals surface area contributed by atoms with Gasteiger partial charge in [-0.15, -0.1) is 0 Å². The van der Waals surface area contributed by atoms with Gasteiger partial charge in [0.1, 0.15) is 0 Å². The highest BCUT2D eigenvalue weighted by atomic mass is 16.5. The summed E-state index contributed by atoms with van der Waals surface area (Å²) in [5.41, 5.74) is 8.42. The lowest BCUT2D eigenvalue weighted by Crippen LogP contribution is -2.22. The van der Waals surface area contributed by atoms with E-state index >= 15 is 0 Å². The summed E-state index contributed by atoms with van der Waals surface area (Å²) in [5.74, 6) is 0. The molecule has 0 atom stereocenters. The van der Waals surface area contributed by atoms with Crippen LogP contribution in [0.4, 0.5) is 9.59 Å². The monoisotopic (exact) mass is 306 g/mol. The average Bonchev–Trinajstić information content (AvgIpc) is 2.91. The molecule has 0 radical (unpaired) electrons. The third-order valence-corrected chi connectivity index (χ3v) is 3.94. The number of fused-ring (bicyclic) bond motifs is 1. The van der Waals surface area contributed by atoms with Crippen LogP contribution in [0.3, 0.4) is 0 Å². The number of carboxylic acid groups (broad SMARTS) is 1. The first-order valence-corrected chi connectivity index (χ1v) is 7.57. The summed E-state index contributed by atoms with van der Waals surface area (Å²) >= 11 is 0. The second-order valence-electron chi connectivity index (χ2n) is 5.53. The van der Waals surface area contributed by atoms with E-state index in [-0.39, 0.29) is 0 Å². The molecule has 22 heavy (non-hydrogen) atoms. The van der Waals surface area contributed by atoms with Crippen molar-refractivity contribution in [1.82, 2.24) is 4.90 Å². The number of benzene rings is 1. The fourth-order valence-electron chi connectivity index (χ4n) is 2.80. The molecule has 0 saturated carbocycles. The van der Waals surface area contributed by atoms with Crippen LogP contribution in [0.25, 0.3) is 0 Å². The normalized spacial score (nSPS) is 13.0. The zero-order valence-corrected chi connectivity index (χ0v) is 12.6. The van der Waals surface area contributed by atoms with E-state index in [9.17, 15) is 9.59 Å². The van der Waals surface area contributed by atoms with Crippen molar-refractivity contribution < 1.29 is 19.4 Å². The Hall–Kier alpha value is -2.24. The molecule has 1 aliphatic heterocycles. The van der Waals surface area contributed by atoms with Crippen LogP contribution in [-0.4, -0.2) is 28.8 Å². The molecule has 120 valence electrons. The van der Waals surface area contributed by atoms with Crippen molar-refractivity contribution in [2.75, 3.05) is 6.61 Å². The van der Waals surface area contributed by atoms with Crippen molar-refractivity contribution >= 4 is 12.2 Å². The van der Waals surface area contributed by atoms with Crippen molar-refractivity contribution in [2.45, 2.75) is 45.2 Å². The number of rotatable bonds is 7. The van der Waals surface area contributed by atoms with E-state index in [1.165, 1.54) is 16.0 Å². The van der Waals surface area contributed by atoms with E-state index in [1.54, 1.807) is 0 Å². The summed E-state index contributed by atoms with van der Waals surface area (Å²) in [7, 11) is 0. The fraction of sp³-hybridized carbons (Fsp3) is 0.500. The summed E-state index contributed by atoms with van der Waals surface area (Å²) in [4.78, 5) is 22.9. The molecule has 6 heteroatoms. The number of ether oxygens (including phenoxy) is 1. The van der Waals surface area contributed by atoms with E-state index in [4.69, 9.17) is 10.8 Å². The largest absolute Gasteiger partial charge is 0.465 e. The van der Waals surface area contributed by atoms with Crippen LogP contribution >= 0.6 is 0 Å². The molecule has 0 bridgehead atoms. The van der Waals surface area contributed by atoms with Crippen molar-refractivity contribution in [3.8, 4) is 0 Å². The van der Waals surface area contributed by atoms with E-state index < -0.39 is 12.2 Å². The topological polar surface area (TPSA) is 92.9 Å². The van der Waals surface area contributed by atoms with Gasteiger partial charge in [0.2, 0.25) is 0 Å². The predicted molar refractivity (Wildman–Crippen MR) is 81.4 cm³/mol. The molecule has 0 unspecified atom stereocenters. The molecule has 0 saturated heterocycles. The van der Waals surface area contributed by atoms with Gasteiger partial charge in [0.05, 0.1) is 6.61 Å². The number of carbonyl (C=O) groups excluding carboxylic acids is 1. The maximum Gasteiger partial charge on any atom is 0.407 e. The smallest absolute Gasteiger partial charge is 0.407 e. The van der Waals surface area contributed by atoms with E-state index in [1.807, 2.05) is 12.1 Å². The van der Waals surface area contributed by atoms with Gasteiger partial charge in [0, 0.05) is 13.1 Å². The molecule has 1 aromatic rings. The van der Waals surface area contributed by atoms with Crippen molar-refractivity contribution in [2.24, 2.45) is 5.73 Å². The number of hydrogen-bond acceptors (Lipinski definition) is 3. The summed E-state index contributed by atoms with van der Waals surface area (Å²) in [6, 6.07) is 6.09. The van der Waals surface area contributed by atoms with Crippen LogP contribution < -0.4 is 5.73 Å². The number of primary amides is 1. The van der Waals surface area contributed by atoms with Crippen molar-refractivity contribution in [3.05, 3.63) is 34.9 Å². The first-order valence-electron chi connectivity index (χ1n) is 7.57. The van der Waals surface area contributed by atoms with Crippen LogP contribution in [0.2, 0.25) is 0 Å². The second-order valence-corrected chi connectivity index (χ2v) is 5.53. The van der Waals surface area contributed by atoms with E-state index in [0.717, 1.165) is 37.7 Å². The lowest BCUT2D eigenvalue weighted by Gasteiger charge is -2.10. The molecule has 2 rings (SSSR count). The van der Waals surface area contributed by atoms with Crippen LogP contribution in [0.15, 0.2) is 18.2 Å². The number of aryl methyl sites for hydroxylation is 1. The molecule has 0 aliphatic carbocycles. The number of nitrogens with zero attached hydrogens (tertiary/aromatic N) is 1.